The van der Waals surface area contributed by atoms with Crippen LogP contribution < -0.4 is 4.90 Å². The van der Waals surface area contributed by atoms with E-state index in [1.807, 2.05) is 44.2 Å². The third-order valence-corrected chi connectivity index (χ3v) is 5.06. The predicted octanol–water partition coefficient (Wildman–Crippen LogP) is 3.83. The Balaban J connectivity index is 1.81. The molecule has 1 aliphatic heterocycles. The SMILES string of the molecule is Cc1cccc(C(=O)N2CCN(c3ccc(C)c(Cl)c3)C(=O)[C@H]2C)c1. The van der Waals surface area contributed by atoms with Crippen molar-refractivity contribution in [2.75, 3.05) is 18.0 Å². The molecular weight excluding hydrogens is 336 g/mol. The monoisotopic (exact) mass is 356 g/mol. The molecule has 2 aromatic rings. The topological polar surface area (TPSA) is 40.6 Å². The van der Waals surface area contributed by atoms with Crippen LogP contribution in [0.15, 0.2) is 42.5 Å². The summed E-state index contributed by atoms with van der Waals surface area (Å²) in [4.78, 5) is 29.0. The predicted molar refractivity (Wildman–Crippen MR) is 100 cm³/mol. The van der Waals surface area contributed by atoms with E-state index in [4.69, 9.17) is 11.6 Å². The summed E-state index contributed by atoms with van der Waals surface area (Å²) in [6, 6.07) is 12.5. The van der Waals surface area contributed by atoms with E-state index in [0.717, 1.165) is 16.8 Å². The number of carbonyl (C=O) groups excluding carboxylic acids is 2. The third-order valence-electron chi connectivity index (χ3n) is 4.65. The Morgan fingerprint density at radius 2 is 1.88 bits per heavy atom. The quantitative estimate of drug-likeness (QED) is 0.820. The molecule has 0 saturated carbocycles. The van der Waals surface area contributed by atoms with E-state index in [0.29, 0.717) is 23.7 Å². The van der Waals surface area contributed by atoms with Gasteiger partial charge in [0, 0.05) is 29.4 Å². The number of nitrogens with zero attached hydrogens (tertiary/aromatic N) is 2. The van der Waals surface area contributed by atoms with E-state index in [1.165, 1.54) is 0 Å². The van der Waals surface area contributed by atoms with Crippen LogP contribution in [0.1, 0.15) is 28.4 Å². The molecule has 0 spiro atoms. The summed E-state index contributed by atoms with van der Waals surface area (Å²) in [7, 11) is 0. The van der Waals surface area contributed by atoms with Crippen molar-refractivity contribution < 1.29 is 9.59 Å². The van der Waals surface area contributed by atoms with Crippen LogP contribution in [0.25, 0.3) is 0 Å². The number of halogens is 1. The van der Waals surface area contributed by atoms with Crippen molar-refractivity contribution in [1.29, 1.82) is 0 Å². The zero-order chi connectivity index (χ0) is 18.1. The molecule has 1 aliphatic rings. The largest absolute Gasteiger partial charge is 0.325 e. The normalized spacial score (nSPS) is 17.8. The highest BCUT2D eigenvalue weighted by Gasteiger charge is 2.35. The van der Waals surface area contributed by atoms with E-state index in [1.54, 1.807) is 28.9 Å². The van der Waals surface area contributed by atoms with Crippen LogP contribution in [0, 0.1) is 13.8 Å². The summed E-state index contributed by atoms with van der Waals surface area (Å²) in [6.07, 6.45) is 0. The molecule has 2 amide bonds. The first-order valence-electron chi connectivity index (χ1n) is 8.33. The molecule has 0 N–H and O–H groups in total. The molecule has 5 heteroatoms. The molecule has 0 bridgehead atoms. The smallest absolute Gasteiger partial charge is 0.254 e. The fraction of sp³-hybridized carbons (Fsp3) is 0.300. The lowest BCUT2D eigenvalue weighted by atomic mass is 10.1. The fourth-order valence-electron chi connectivity index (χ4n) is 3.10. The summed E-state index contributed by atoms with van der Waals surface area (Å²) in [6.45, 7) is 6.60. The van der Waals surface area contributed by atoms with Gasteiger partial charge in [-0.15, -0.1) is 0 Å². The molecule has 0 unspecified atom stereocenters. The lowest BCUT2D eigenvalue weighted by Gasteiger charge is -2.39. The maximum Gasteiger partial charge on any atom is 0.254 e. The number of hydrogen-bond donors (Lipinski definition) is 0. The van der Waals surface area contributed by atoms with Gasteiger partial charge in [0.25, 0.3) is 5.91 Å². The van der Waals surface area contributed by atoms with Gasteiger partial charge in [-0.1, -0.05) is 35.4 Å². The van der Waals surface area contributed by atoms with Gasteiger partial charge in [0.1, 0.15) is 6.04 Å². The fourth-order valence-corrected chi connectivity index (χ4v) is 3.27. The lowest BCUT2D eigenvalue weighted by Crippen LogP contribution is -2.57. The number of piperazine rings is 1. The van der Waals surface area contributed by atoms with Gasteiger partial charge in [-0.2, -0.15) is 0 Å². The molecule has 1 atom stereocenters. The number of hydrogen-bond acceptors (Lipinski definition) is 2. The second kappa shape index (κ2) is 6.89. The van der Waals surface area contributed by atoms with Gasteiger partial charge in [-0.25, -0.2) is 0 Å². The van der Waals surface area contributed by atoms with Gasteiger partial charge in [-0.3, -0.25) is 9.59 Å². The van der Waals surface area contributed by atoms with Crippen LogP contribution in [0.2, 0.25) is 5.02 Å². The molecule has 1 saturated heterocycles. The van der Waals surface area contributed by atoms with E-state index >= 15 is 0 Å². The molecule has 25 heavy (non-hydrogen) atoms. The Labute approximate surface area is 153 Å². The Morgan fingerprint density at radius 3 is 2.56 bits per heavy atom. The van der Waals surface area contributed by atoms with E-state index in [9.17, 15) is 9.59 Å². The minimum absolute atomic E-state index is 0.0906. The van der Waals surface area contributed by atoms with Crippen LogP contribution in [-0.2, 0) is 4.79 Å². The molecule has 4 nitrogen and oxygen atoms in total. The molecule has 0 aliphatic carbocycles. The number of anilines is 1. The summed E-state index contributed by atoms with van der Waals surface area (Å²) < 4.78 is 0. The maximum absolute atomic E-state index is 12.8. The molecular formula is C20H21ClN2O2. The van der Waals surface area contributed by atoms with Gasteiger partial charge in [-0.05, 0) is 50.6 Å². The summed E-state index contributed by atoms with van der Waals surface area (Å²) >= 11 is 6.19. The van der Waals surface area contributed by atoms with E-state index < -0.39 is 6.04 Å². The zero-order valence-electron chi connectivity index (χ0n) is 14.6. The third kappa shape index (κ3) is 3.40. The van der Waals surface area contributed by atoms with Crippen molar-refractivity contribution in [3.63, 3.8) is 0 Å². The summed E-state index contributed by atoms with van der Waals surface area (Å²) in [5, 5.41) is 0.635. The van der Waals surface area contributed by atoms with Crippen molar-refractivity contribution in [2.45, 2.75) is 26.8 Å². The average molecular weight is 357 g/mol. The molecule has 0 radical (unpaired) electrons. The van der Waals surface area contributed by atoms with Gasteiger partial charge >= 0.3 is 0 Å². The van der Waals surface area contributed by atoms with Crippen LogP contribution in [0.3, 0.4) is 0 Å². The van der Waals surface area contributed by atoms with Crippen molar-refractivity contribution in [2.24, 2.45) is 0 Å². The first-order valence-corrected chi connectivity index (χ1v) is 8.71. The van der Waals surface area contributed by atoms with Crippen molar-refractivity contribution in [1.82, 2.24) is 4.90 Å². The number of benzene rings is 2. The van der Waals surface area contributed by atoms with Crippen LogP contribution >= 0.6 is 11.6 Å². The average Bonchev–Trinajstić information content (AvgIpc) is 2.59. The Bertz CT molecular complexity index is 834. The minimum Gasteiger partial charge on any atom is -0.325 e. The molecule has 3 rings (SSSR count). The Kier molecular flexibility index (Phi) is 4.82. The molecule has 0 aromatic heterocycles. The second-order valence-electron chi connectivity index (χ2n) is 6.47. The minimum atomic E-state index is -0.512. The first-order chi connectivity index (χ1) is 11.9. The van der Waals surface area contributed by atoms with Gasteiger partial charge in [0.15, 0.2) is 0 Å². The van der Waals surface area contributed by atoms with Crippen molar-refractivity contribution in [3.05, 3.63) is 64.2 Å². The highest BCUT2D eigenvalue weighted by atomic mass is 35.5. The number of aryl methyl sites for hydroxylation is 2. The van der Waals surface area contributed by atoms with Crippen LogP contribution in [0.4, 0.5) is 5.69 Å². The molecule has 1 fully saturated rings. The van der Waals surface area contributed by atoms with Gasteiger partial charge in [0.2, 0.25) is 5.91 Å². The standard InChI is InChI=1S/C20H21ClN2O2/c1-13-5-4-6-16(11-13)20(25)22-9-10-23(19(24)15(22)3)17-8-7-14(2)18(21)12-17/h4-8,11-12,15H,9-10H2,1-3H3/t15-/m1/s1. The van der Waals surface area contributed by atoms with Gasteiger partial charge < -0.3 is 9.80 Å². The van der Waals surface area contributed by atoms with Crippen molar-refractivity contribution >= 4 is 29.1 Å². The highest BCUT2D eigenvalue weighted by molar-refractivity contribution is 6.31. The summed E-state index contributed by atoms with van der Waals surface area (Å²) in [5.74, 6) is -0.196. The first kappa shape index (κ1) is 17.5. The van der Waals surface area contributed by atoms with Crippen LogP contribution in [0.5, 0.6) is 0 Å². The highest BCUT2D eigenvalue weighted by Crippen LogP contribution is 2.26. The maximum atomic E-state index is 12.8. The van der Waals surface area contributed by atoms with E-state index in [2.05, 4.69) is 0 Å². The van der Waals surface area contributed by atoms with Gasteiger partial charge in [0.05, 0.1) is 0 Å². The second-order valence-corrected chi connectivity index (χ2v) is 6.87. The van der Waals surface area contributed by atoms with Crippen LogP contribution in [-0.4, -0.2) is 35.8 Å². The molecule has 130 valence electrons. The Morgan fingerprint density at radius 1 is 1.12 bits per heavy atom. The zero-order valence-corrected chi connectivity index (χ0v) is 15.4. The summed E-state index contributed by atoms with van der Waals surface area (Å²) in [5.41, 5.74) is 3.39. The number of amides is 2. The van der Waals surface area contributed by atoms with E-state index in [-0.39, 0.29) is 11.8 Å². The Hall–Kier alpha value is -2.33. The molecule has 1 heterocycles. The molecule has 2 aromatic carbocycles. The van der Waals surface area contributed by atoms with Crippen molar-refractivity contribution in [3.8, 4) is 0 Å². The number of carbonyl (C=O) groups is 2. The number of rotatable bonds is 2. The lowest BCUT2D eigenvalue weighted by molar-refractivity contribution is -0.124.